The third-order valence-electron chi connectivity index (χ3n) is 1.70. The van der Waals surface area contributed by atoms with Crippen LogP contribution in [0.15, 0.2) is 0 Å². The van der Waals surface area contributed by atoms with Crippen LogP contribution in [0.4, 0.5) is 0 Å². The number of nitrogens with two attached hydrogens (primary N) is 1. The molecule has 1 aliphatic rings. The smallest absolute Gasteiger partial charge is 0.157 e. The summed E-state index contributed by atoms with van der Waals surface area (Å²) in [6.07, 6.45) is -0.300. The van der Waals surface area contributed by atoms with E-state index in [-0.39, 0.29) is 12.1 Å². The molecule has 1 heterocycles. The Hall–Kier alpha value is -0.160. The van der Waals surface area contributed by atoms with Crippen LogP contribution in [-0.2, 0) is 9.47 Å². The lowest BCUT2D eigenvalue weighted by molar-refractivity contribution is -0.165. The van der Waals surface area contributed by atoms with Gasteiger partial charge in [-0.2, -0.15) is 0 Å². The molecule has 0 aromatic heterocycles. The normalized spacial score (nSPS) is 41.7. The lowest BCUT2D eigenvalue weighted by Gasteiger charge is -2.30. The van der Waals surface area contributed by atoms with E-state index in [2.05, 4.69) is 0 Å². The monoisotopic (exact) mass is 147 g/mol. The van der Waals surface area contributed by atoms with Gasteiger partial charge in [-0.1, -0.05) is 0 Å². The van der Waals surface area contributed by atoms with E-state index in [1.54, 1.807) is 7.11 Å². The molecule has 1 saturated heterocycles. The van der Waals surface area contributed by atoms with Crippen molar-refractivity contribution >= 4 is 0 Å². The number of aliphatic hydroxyl groups excluding tert-OH is 1. The Morgan fingerprint density at radius 3 is 2.90 bits per heavy atom. The molecule has 0 aromatic carbocycles. The fraction of sp³-hybridized carbons (Fsp3) is 1.00. The summed E-state index contributed by atoms with van der Waals surface area (Å²) in [5.74, 6) is 0. The van der Waals surface area contributed by atoms with Crippen molar-refractivity contribution in [1.29, 1.82) is 0 Å². The molecule has 0 unspecified atom stereocenters. The topological polar surface area (TPSA) is 64.7 Å². The molecule has 0 aliphatic carbocycles. The van der Waals surface area contributed by atoms with Gasteiger partial charge in [0, 0.05) is 13.5 Å². The second-order valence-electron chi connectivity index (χ2n) is 2.46. The highest BCUT2D eigenvalue weighted by atomic mass is 16.6. The van der Waals surface area contributed by atoms with Crippen molar-refractivity contribution in [3.8, 4) is 0 Å². The van der Waals surface area contributed by atoms with E-state index in [9.17, 15) is 0 Å². The first kappa shape index (κ1) is 7.94. The molecule has 0 aromatic rings. The van der Waals surface area contributed by atoms with Crippen LogP contribution in [0.1, 0.15) is 6.42 Å². The molecule has 4 nitrogen and oxygen atoms in total. The van der Waals surface area contributed by atoms with E-state index in [0.717, 1.165) is 0 Å². The van der Waals surface area contributed by atoms with Crippen LogP contribution in [0.2, 0.25) is 0 Å². The Morgan fingerprint density at radius 1 is 1.70 bits per heavy atom. The van der Waals surface area contributed by atoms with E-state index >= 15 is 0 Å². The molecule has 10 heavy (non-hydrogen) atoms. The molecular weight excluding hydrogens is 134 g/mol. The quantitative estimate of drug-likeness (QED) is 0.503. The average Bonchev–Trinajstić information content (AvgIpc) is 1.94. The highest BCUT2D eigenvalue weighted by molar-refractivity contribution is 4.77. The summed E-state index contributed by atoms with van der Waals surface area (Å²) >= 11 is 0. The number of hydrogen-bond acceptors (Lipinski definition) is 4. The molecule has 0 spiro atoms. The van der Waals surface area contributed by atoms with Crippen molar-refractivity contribution in [3.63, 3.8) is 0 Å². The zero-order chi connectivity index (χ0) is 7.56. The highest BCUT2D eigenvalue weighted by Gasteiger charge is 2.27. The minimum absolute atomic E-state index is 0.0660. The Balaban J connectivity index is 2.38. The largest absolute Gasteiger partial charge is 0.380 e. The summed E-state index contributed by atoms with van der Waals surface area (Å²) in [6.45, 7) is 0.375. The number of rotatable bonds is 1. The maximum atomic E-state index is 8.97. The van der Waals surface area contributed by atoms with E-state index in [1.165, 1.54) is 0 Å². The van der Waals surface area contributed by atoms with Crippen molar-refractivity contribution in [3.05, 3.63) is 0 Å². The summed E-state index contributed by atoms with van der Waals surface area (Å²) in [4.78, 5) is 0. The second-order valence-corrected chi connectivity index (χ2v) is 2.46. The van der Waals surface area contributed by atoms with Gasteiger partial charge in [0.15, 0.2) is 6.29 Å². The molecule has 3 atom stereocenters. The zero-order valence-corrected chi connectivity index (χ0v) is 5.99. The third kappa shape index (κ3) is 1.67. The highest BCUT2D eigenvalue weighted by Crippen LogP contribution is 2.13. The molecular formula is C6H13NO3. The van der Waals surface area contributed by atoms with Gasteiger partial charge < -0.3 is 20.3 Å². The van der Waals surface area contributed by atoms with Gasteiger partial charge in [0.05, 0.1) is 18.8 Å². The lowest BCUT2D eigenvalue weighted by Crippen LogP contribution is -2.47. The van der Waals surface area contributed by atoms with E-state index in [4.69, 9.17) is 20.3 Å². The SMILES string of the molecule is CO[C@H]1C[C@H](O)OC[C@@H]1N. The standard InChI is InChI=1S/C6H13NO3/c1-9-5-2-6(8)10-3-4(5)7/h4-6,8H,2-3,7H2,1H3/t4-,5-,6+/m0/s1. The van der Waals surface area contributed by atoms with Gasteiger partial charge in [-0.15, -0.1) is 0 Å². The van der Waals surface area contributed by atoms with Crippen molar-refractivity contribution < 1.29 is 14.6 Å². The summed E-state index contributed by atoms with van der Waals surface area (Å²) < 4.78 is 9.88. The van der Waals surface area contributed by atoms with Crippen LogP contribution in [-0.4, -0.2) is 37.3 Å². The fourth-order valence-corrected chi connectivity index (χ4v) is 1.04. The van der Waals surface area contributed by atoms with Gasteiger partial charge in [0.1, 0.15) is 0 Å². The molecule has 60 valence electrons. The van der Waals surface area contributed by atoms with Gasteiger partial charge in [-0.3, -0.25) is 0 Å². The molecule has 4 heteroatoms. The van der Waals surface area contributed by atoms with Crippen LogP contribution in [0.5, 0.6) is 0 Å². The summed E-state index contributed by atoms with van der Waals surface area (Å²) in [5.41, 5.74) is 5.59. The van der Waals surface area contributed by atoms with Crippen molar-refractivity contribution in [2.24, 2.45) is 5.73 Å². The molecule has 1 rings (SSSR count). The number of aliphatic hydroxyl groups is 1. The van der Waals surface area contributed by atoms with Crippen LogP contribution in [0.25, 0.3) is 0 Å². The molecule has 3 N–H and O–H groups in total. The minimum Gasteiger partial charge on any atom is -0.380 e. The average molecular weight is 147 g/mol. The first-order chi connectivity index (χ1) is 4.74. The predicted molar refractivity (Wildman–Crippen MR) is 35.3 cm³/mol. The third-order valence-corrected chi connectivity index (χ3v) is 1.70. The molecule has 0 bridgehead atoms. The van der Waals surface area contributed by atoms with Gasteiger partial charge in [0.2, 0.25) is 0 Å². The molecule has 0 amide bonds. The van der Waals surface area contributed by atoms with E-state index in [1.807, 2.05) is 0 Å². The maximum absolute atomic E-state index is 8.97. The molecule has 0 radical (unpaired) electrons. The van der Waals surface area contributed by atoms with Gasteiger partial charge in [0.25, 0.3) is 0 Å². The Kier molecular flexibility index (Phi) is 2.62. The van der Waals surface area contributed by atoms with Gasteiger partial charge in [-0.05, 0) is 0 Å². The summed E-state index contributed by atoms with van der Waals surface area (Å²) in [6, 6.07) is -0.103. The van der Waals surface area contributed by atoms with Crippen LogP contribution >= 0.6 is 0 Å². The minimum atomic E-state index is -0.704. The van der Waals surface area contributed by atoms with Crippen molar-refractivity contribution in [2.75, 3.05) is 13.7 Å². The number of hydrogen-bond donors (Lipinski definition) is 2. The van der Waals surface area contributed by atoms with E-state index in [0.29, 0.717) is 13.0 Å². The first-order valence-electron chi connectivity index (χ1n) is 3.32. The maximum Gasteiger partial charge on any atom is 0.157 e. The molecule has 1 fully saturated rings. The van der Waals surface area contributed by atoms with Crippen molar-refractivity contribution in [2.45, 2.75) is 24.9 Å². The lowest BCUT2D eigenvalue weighted by atomic mass is 10.1. The van der Waals surface area contributed by atoms with Gasteiger partial charge >= 0.3 is 0 Å². The number of methoxy groups -OCH3 is 1. The Bertz CT molecular complexity index is 109. The molecule has 1 aliphatic heterocycles. The van der Waals surface area contributed by atoms with E-state index < -0.39 is 6.29 Å². The Labute approximate surface area is 59.9 Å². The van der Waals surface area contributed by atoms with Crippen molar-refractivity contribution in [1.82, 2.24) is 0 Å². The molecule has 0 saturated carbocycles. The predicted octanol–water partition coefficient (Wildman–Crippen LogP) is -0.933. The zero-order valence-electron chi connectivity index (χ0n) is 5.99. The van der Waals surface area contributed by atoms with Crippen LogP contribution in [0.3, 0.4) is 0 Å². The summed E-state index contributed by atoms with van der Waals surface area (Å²) in [7, 11) is 1.59. The second kappa shape index (κ2) is 3.30. The van der Waals surface area contributed by atoms with Crippen LogP contribution < -0.4 is 5.73 Å². The first-order valence-corrected chi connectivity index (χ1v) is 3.32. The summed E-state index contributed by atoms with van der Waals surface area (Å²) in [5, 5.41) is 8.97. The Morgan fingerprint density at radius 2 is 2.40 bits per heavy atom. The van der Waals surface area contributed by atoms with Gasteiger partial charge in [-0.25, -0.2) is 0 Å². The fourth-order valence-electron chi connectivity index (χ4n) is 1.04. The number of ether oxygens (including phenoxy) is 2. The van der Waals surface area contributed by atoms with Crippen LogP contribution in [0, 0.1) is 0 Å².